The average molecular weight is 409 g/mol. The Morgan fingerprint density at radius 2 is 1.46 bits per heavy atom. The molecule has 1 aliphatic rings. The molecule has 5 atom stereocenters. The van der Waals surface area contributed by atoms with Crippen LogP contribution in [-0.4, -0.2) is 53.9 Å². The number of ether oxygens (including phenoxy) is 5. The van der Waals surface area contributed by atoms with Gasteiger partial charge in [0.1, 0.15) is 12.7 Å². The van der Waals surface area contributed by atoms with Gasteiger partial charge in [-0.05, 0) is 6.92 Å². The molecule has 1 fully saturated rings. The molecule has 136 valence electrons. The summed E-state index contributed by atoms with van der Waals surface area (Å²) in [6.07, 6.45) is -3.54. The second kappa shape index (κ2) is 9.03. The third-order valence-corrected chi connectivity index (χ3v) is 3.71. The Morgan fingerprint density at radius 1 is 0.917 bits per heavy atom. The van der Waals surface area contributed by atoms with Gasteiger partial charge in [0.25, 0.3) is 0 Å². The summed E-state index contributed by atoms with van der Waals surface area (Å²) in [5.41, 5.74) is 0. The van der Waals surface area contributed by atoms with E-state index in [-0.39, 0.29) is 6.61 Å². The van der Waals surface area contributed by atoms with Gasteiger partial charge in [0.15, 0.2) is 23.3 Å². The van der Waals surface area contributed by atoms with Crippen LogP contribution in [0.15, 0.2) is 12.3 Å². The number of hydrogen-bond donors (Lipinski definition) is 0. The van der Waals surface area contributed by atoms with Crippen molar-refractivity contribution in [3.05, 3.63) is 12.3 Å². The van der Waals surface area contributed by atoms with E-state index in [0.29, 0.717) is 5.76 Å². The smallest absolute Gasteiger partial charge is 0.303 e. The monoisotopic (exact) mass is 408 g/mol. The predicted molar refractivity (Wildman–Crippen MR) is 85.0 cm³/mol. The molecule has 24 heavy (non-hydrogen) atoms. The van der Waals surface area contributed by atoms with Gasteiger partial charge in [0, 0.05) is 20.8 Å². The lowest BCUT2D eigenvalue weighted by Crippen LogP contribution is -2.60. The summed E-state index contributed by atoms with van der Waals surface area (Å²) in [4.78, 5) is 33.9. The van der Waals surface area contributed by atoms with Crippen LogP contribution in [0.5, 0.6) is 0 Å². The molecule has 0 aliphatic carbocycles. The lowest BCUT2D eigenvalue weighted by molar-refractivity contribution is -0.232. The van der Waals surface area contributed by atoms with Crippen molar-refractivity contribution in [2.45, 2.75) is 57.1 Å². The minimum Gasteiger partial charge on any atom is -0.489 e. The lowest BCUT2D eigenvalue weighted by Gasteiger charge is -2.43. The van der Waals surface area contributed by atoms with Gasteiger partial charge in [0.2, 0.25) is 0 Å². The minimum atomic E-state index is -0.971. The number of halogens is 1. The maximum Gasteiger partial charge on any atom is 0.303 e. The normalized spacial score (nSPS) is 29.3. The van der Waals surface area contributed by atoms with Crippen LogP contribution in [0.3, 0.4) is 0 Å². The first kappa shape index (κ1) is 20.4. The third kappa shape index (κ3) is 6.12. The first-order chi connectivity index (χ1) is 11.1. The number of hydrogen-bond acceptors (Lipinski definition) is 8. The Balaban J connectivity index is 3.11. The van der Waals surface area contributed by atoms with Gasteiger partial charge in [-0.3, -0.25) is 14.4 Å². The van der Waals surface area contributed by atoms with Crippen LogP contribution in [0.4, 0.5) is 0 Å². The zero-order valence-electron chi connectivity index (χ0n) is 13.9. The van der Waals surface area contributed by atoms with E-state index >= 15 is 0 Å². The minimum absolute atomic E-state index is 0.125. The fraction of sp³-hybridized carbons (Fsp3) is 0.667. The molecule has 0 aromatic carbocycles. The molecule has 0 aromatic rings. The van der Waals surface area contributed by atoms with E-state index in [9.17, 15) is 14.4 Å². The van der Waals surface area contributed by atoms with Gasteiger partial charge in [-0.1, -0.05) is 22.5 Å². The zero-order chi connectivity index (χ0) is 18.4. The van der Waals surface area contributed by atoms with Crippen LogP contribution in [-0.2, 0) is 38.1 Å². The van der Waals surface area contributed by atoms with Crippen LogP contribution in [0.2, 0.25) is 0 Å². The van der Waals surface area contributed by atoms with Crippen molar-refractivity contribution in [1.29, 1.82) is 0 Å². The standard InChI is InChI=1S/C15H21BrO8/c1-7(2)21-12-11(6-20-8(3)17)24-15(16)14(23-10(5)19)13(12)22-9(4)18/h11-15H,1,6H2,2-5H3. The lowest BCUT2D eigenvalue weighted by atomic mass is 9.99. The van der Waals surface area contributed by atoms with E-state index in [4.69, 9.17) is 23.7 Å². The SMILES string of the molecule is C=C(C)OC1C(COC(C)=O)OC(Br)C(OC(C)=O)C1OC(C)=O. The van der Waals surface area contributed by atoms with Crippen LogP contribution in [0.25, 0.3) is 0 Å². The number of alkyl halides is 1. The Bertz CT molecular complexity index is 506. The molecule has 9 heteroatoms. The summed E-state index contributed by atoms with van der Waals surface area (Å²) in [6, 6.07) is 0. The van der Waals surface area contributed by atoms with E-state index in [1.54, 1.807) is 6.92 Å². The van der Waals surface area contributed by atoms with Crippen molar-refractivity contribution in [2.75, 3.05) is 6.61 Å². The highest BCUT2D eigenvalue weighted by molar-refractivity contribution is 9.09. The fourth-order valence-electron chi connectivity index (χ4n) is 2.22. The molecular weight excluding hydrogens is 388 g/mol. The number of allylic oxidation sites excluding steroid dienone is 1. The van der Waals surface area contributed by atoms with Crippen molar-refractivity contribution in [3.63, 3.8) is 0 Å². The van der Waals surface area contributed by atoms with Crippen molar-refractivity contribution in [3.8, 4) is 0 Å². The largest absolute Gasteiger partial charge is 0.489 e. The van der Waals surface area contributed by atoms with Gasteiger partial charge in [-0.15, -0.1) is 0 Å². The highest BCUT2D eigenvalue weighted by Crippen LogP contribution is 2.32. The molecule has 1 saturated heterocycles. The highest BCUT2D eigenvalue weighted by atomic mass is 79.9. The first-order valence-corrected chi connectivity index (χ1v) is 8.13. The molecule has 0 saturated carbocycles. The first-order valence-electron chi connectivity index (χ1n) is 7.21. The molecule has 0 amide bonds. The summed E-state index contributed by atoms with van der Waals surface area (Å²) in [5.74, 6) is -1.31. The van der Waals surface area contributed by atoms with Gasteiger partial charge in [0.05, 0.1) is 5.76 Å². The highest BCUT2D eigenvalue weighted by Gasteiger charge is 2.50. The van der Waals surface area contributed by atoms with Gasteiger partial charge >= 0.3 is 17.9 Å². The number of esters is 3. The predicted octanol–water partition coefficient (Wildman–Crippen LogP) is 1.45. The molecule has 1 heterocycles. The summed E-state index contributed by atoms with van der Waals surface area (Å²) < 4.78 is 26.7. The second-order valence-corrected chi connectivity index (χ2v) is 6.16. The van der Waals surface area contributed by atoms with Crippen LogP contribution in [0, 0.1) is 0 Å². The molecule has 5 unspecified atom stereocenters. The van der Waals surface area contributed by atoms with Crippen LogP contribution in [0.1, 0.15) is 27.7 Å². The average Bonchev–Trinajstić information content (AvgIpc) is 2.42. The van der Waals surface area contributed by atoms with Crippen LogP contribution < -0.4 is 0 Å². The fourth-order valence-corrected chi connectivity index (χ4v) is 2.90. The summed E-state index contributed by atoms with van der Waals surface area (Å²) >= 11 is 3.25. The molecular formula is C15H21BrO8. The Morgan fingerprint density at radius 3 is 1.92 bits per heavy atom. The second-order valence-electron chi connectivity index (χ2n) is 5.26. The molecule has 1 rings (SSSR count). The maximum absolute atomic E-state index is 11.5. The maximum atomic E-state index is 11.5. The van der Waals surface area contributed by atoms with E-state index in [1.807, 2.05) is 0 Å². The zero-order valence-corrected chi connectivity index (χ0v) is 15.5. The topological polar surface area (TPSA) is 97.4 Å². The molecule has 1 aliphatic heterocycles. The van der Waals surface area contributed by atoms with Crippen LogP contribution >= 0.6 is 15.9 Å². The van der Waals surface area contributed by atoms with Gasteiger partial charge in [-0.25, -0.2) is 0 Å². The van der Waals surface area contributed by atoms with Crippen molar-refractivity contribution in [2.24, 2.45) is 0 Å². The number of carbonyl (C=O) groups excluding carboxylic acids is 3. The quantitative estimate of drug-likeness (QED) is 0.282. The van der Waals surface area contributed by atoms with E-state index in [0.717, 1.165) is 0 Å². The molecule has 0 bridgehead atoms. The molecule has 0 radical (unpaired) electrons. The van der Waals surface area contributed by atoms with Crippen molar-refractivity contribution >= 4 is 33.8 Å². The summed E-state index contributed by atoms with van der Waals surface area (Å²) in [6.45, 7) is 8.84. The Kier molecular flexibility index (Phi) is 7.68. The molecule has 0 aromatic heterocycles. The Hall–Kier alpha value is -1.61. The van der Waals surface area contributed by atoms with Gasteiger partial charge in [-0.2, -0.15) is 0 Å². The summed E-state index contributed by atoms with van der Waals surface area (Å²) in [5, 5.41) is -0.781. The van der Waals surface area contributed by atoms with Gasteiger partial charge < -0.3 is 23.7 Å². The number of rotatable bonds is 6. The molecule has 0 spiro atoms. The number of carbonyl (C=O) groups is 3. The molecule has 8 nitrogen and oxygen atoms in total. The van der Waals surface area contributed by atoms with Crippen molar-refractivity contribution in [1.82, 2.24) is 0 Å². The van der Waals surface area contributed by atoms with Crippen molar-refractivity contribution < 1.29 is 38.1 Å². The summed E-state index contributed by atoms with van der Waals surface area (Å²) in [7, 11) is 0. The van der Waals surface area contributed by atoms with E-state index in [2.05, 4.69) is 22.5 Å². The van der Waals surface area contributed by atoms with E-state index in [1.165, 1.54) is 20.8 Å². The van der Waals surface area contributed by atoms with E-state index < -0.39 is 47.3 Å². The Labute approximate surface area is 148 Å². The molecule has 0 N–H and O–H groups in total. The third-order valence-electron chi connectivity index (χ3n) is 2.97.